The number of carbonyl (C=O) groups excluding carboxylic acids is 1. The maximum atomic E-state index is 12.0. The first-order valence-electron chi connectivity index (χ1n) is 8.09. The summed E-state index contributed by atoms with van der Waals surface area (Å²) in [6.45, 7) is 2.16. The molecule has 122 valence electrons. The van der Waals surface area contributed by atoms with E-state index >= 15 is 0 Å². The molecular formula is C20H20N2O2. The molecule has 2 aromatic carbocycles. The highest BCUT2D eigenvalue weighted by atomic mass is 16.3. The van der Waals surface area contributed by atoms with Gasteiger partial charge >= 0.3 is 0 Å². The molecule has 0 radical (unpaired) electrons. The predicted octanol–water partition coefficient (Wildman–Crippen LogP) is 4.10. The lowest BCUT2D eigenvalue weighted by Crippen LogP contribution is -2.15. The molecule has 4 N–H and O–H groups in total. The van der Waals surface area contributed by atoms with Crippen LogP contribution in [0.3, 0.4) is 0 Å². The van der Waals surface area contributed by atoms with Gasteiger partial charge in [0.15, 0.2) is 5.78 Å². The molecule has 0 fully saturated rings. The highest BCUT2D eigenvalue weighted by Gasteiger charge is 2.25. The fraction of sp³-hybridized carbons (Fsp3) is 0.200. The molecule has 0 aromatic heterocycles. The topological polar surface area (TPSA) is 87.2 Å². The van der Waals surface area contributed by atoms with Gasteiger partial charge in [0.05, 0.1) is 16.8 Å². The van der Waals surface area contributed by atoms with Crippen LogP contribution in [-0.2, 0) is 6.42 Å². The quantitative estimate of drug-likeness (QED) is 0.585. The van der Waals surface area contributed by atoms with E-state index in [1.807, 2.05) is 24.3 Å². The second-order valence-corrected chi connectivity index (χ2v) is 6.02. The van der Waals surface area contributed by atoms with Crippen molar-refractivity contribution in [3.8, 4) is 16.9 Å². The number of allylic oxidation sites excluding steroid dienone is 2. The summed E-state index contributed by atoms with van der Waals surface area (Å²) in [6, 6.07) is 9.57. The number of fused-ring (bicyclic) bond motifs is 1. The lowest BCUT2D eigenvalue weighted by molar-refractivity contribution is 0.104. The Morgan fingerprint density at radius 3 is 2.50 bits per heavy atom. The minimum Gasteiger partial charge on any atom is -0.507 e. The highest BCUT2D eigenvalue weighted by molar-refractivity contribution is 6.26. The van der Waals surface area contributed by atoms with Gasteiger partial charge in [-0.1, -0.05) is 37.6 Å². The minimum absolute atomic E-state index is 0.0665. The van der Waals surface area contributed by atoms with Gasteiger partial charge < -0.3 is 16.2 Å². The van der Waals surface area contributed by atoms with Gasteiger partial charge in [-0.2, -0.15) is 0 Å². The van der Waals surface area contributed by atoms with E-state index in [-0.39, 0.29) is 34.1 Å². The molecule has 0 bridgehead atoms. The number of benzene rings is 2. The molecule has 0 atom stereocenters. The molecule has 1 aliphatic rings. The Labute approximate surface area is 141 Å². The van der Waals surface area contributed by atoms with Crippen molar-refractivity contribution in [3.63, 3.8) is 0 Å². The van der Waals surface area contributed by atoms with Crippen LogP contribution >= 0.6 is 0 Å². The minimum atomic E-state index is -0.282. The average Bonchev–Trinajstić information content (AvgIpc) is 2.59. The van der Waals surface area contributed by atoms with Crippen molar-refractivity contribution in [1.29, 1.82) is 5.41 Å². The second-order valence-electron chi connectivity index (χ2n) is 6.02. The lowest BCUT2D eigenvalue weighted by Gasteiger charge is -2.18. The monoisotopic (exact) mass is 320 g/mol. The first kappa shape index (κ1) is 16.0. The van der Waals surface area contributed by atoms with Crippen LogP contribution in [0.2, 0.25) is 0 Å². The molecule has 2 aromatic rings. The zero-order valence-electron chi connectivity index (χ0n) is 13.6. The van der Waals surface area contributed by atoms with Crippen LogP contribution in [0.1, 0.15) is 41.3 Å². The molecule has 4 heteroatoms. The van der Waals surface area contributed by atoms with Crippen LogP contribution < -0.4 is 5.73 Å². The fourth-order valence-corrected chi connectivity index (χ4v) is 3.00. The van der Waals surface area contributed by atoms with Crippen molar-refractivity contribution in [1.82, 2.24) is 0 Å². The first-order valence-corrected chi connectivity index (χ1v) is 8.09. The van der Waals surface area contributed by atoms with Gasteiger partial charge in [-0.05, 0) is 42.2 Å². The fourth-order valence-electron chi connectivity index (χ4n) is 3.00. The van der Waals surface area contributed by atoms with Crippen molar-refractivity contribution in [2.75, 3.05) is 5.73 Å². The number of carbonyl (C=O) groups is 1. The van der Waals surface area contributed by atoms with Crippen LogP contribution in [0.5, 0.6) is 5.75 Å². The lowest BCUT2D eigenvalue weighted by atomic mass is 9.88. The number of ketones is 1. The number of hydrogen-bond donors (Lipinski definition) is 3. The van der Waals surface area contributed by atoms with Gasteiger partial charge in [0.25, 0.3) is 0 Å². The molecule has 24 heavy (non-hydrogen) atoms. The van der Waals surface area contributed by atoms with E-state index < -0.39 is 0 Å². The number of phenolic OH excluding ortho intramolecular Hbond substituents is 1. The Hall–Kier alpha value is -2.88. The molecule has 1 aliphatic carbocycles. The molecular weight excluding hydrogens is 300 g/mol. The van der Waals surface area contributed by atoms with Crippen LogP contribution in [0.25, 0.3) is 11.1 Å². The summed E-state index contributed by atoms with van der Waals surface area (Å²) < 4.78 is 0. The van der Waals surface area contributed by atoms with Gasteiger partial charge in [-0.15, -0.1) is 0 Å². The van der Waals surface area contributed by atoms with Gasteiger partial charge in [0.1, 0.15) is 5.75 Å². The van der Waals surface area contributed by atoms with Crippen molar-refractivity contribution in [2.24, 2.45) is 0 Å². The number of rotatable bonds is 4. The van der Waals surface area contributed by atoms with E-state index in [0.29, 0.717) is 5.56 Å². The number of nitrogens with two attached hydrogens (primary N) is 1. The first-order chi connectivity index (χ1) is 11.5. The Morgan fingerprint density at radius 1 is 1.12 bits per heavy atom. The highest BCUT2D eigenvalue weighted by Crippen LogP contribution is 2.39. The number of anilines is 1. The third kappa shape index (κ3) is 2.71. The number of aromatic hydroxyl groups is 1. The molecule has 0 unspecified atom stereocenters. The Bertz CT molecular complexity index is 849. The van der Waals surface area contributed by atoms with Crippen LogP contribution in [0, 0.1) is 5.41 Å². The van der Waals surface area contributed by atoms with Crippen molar-refractivity contribution in [2.45, 2.75) is 26.2 Å². The van der Waals surface area contributed by atoms with E-state index in [2.05, 4.69) is 6.92 Å². The van der Waals surface area contributed by atoms with E-state index in [0.717, 1.165) is 24.8 Å². The molecule has 0 saturated carbocycles. The second kappa shape index (κ2) is 6.32. The van der Waals surface area contributed by atoms with Crippen LogP contribution in [-0.4, -0.2) is 16.6 Å². The standard InChI is InChI=1S/C20H20N2O2/c1-2-3-4-12-5-7-13(8-6-12)14-11-16(22)18-17(23)10-9-15(21)19(18)20(14)24/h5-11,21,24H,2-4,22H2,1H3. The zero-order chi connectivity index (χ0) is 17.3. The number of hydrogen-bond acceptors (Lipinski definition) is 4. The number of unbranched alkanes of at least 4 members (excludes halogenated alkanes) is 1. The molecule has 4 nitrogen and oxygen atoms in total. The van der Waals surface area contributed by atoms with Gasteiger partial charge in [-0.25, -0.2) is 0 Å². The normalized spacial score (nSPS) is 13.2. The summed E-state index contributed by atoms with van der Waals surface area (Å²) in [5.41, 5.74) is 9.44. The molecule has 0 heterocycles. The van der Waals surface area contributed by atoms with Gasteiger partial charge in [0, 0.05) is 11.3 Å². The maximum Gasteiger partial charge on any atom is 0.188 e. The van der Waals surface area contributed by atoms with E-state index in [1.165, 1.54) is 17.7 Å². The van der Waals surface area contributed by atoms with Gasteiger partial charge in [-0.3, -0.25) is 4.79 Å². The molecule has 0 aliphatic heterocycles. The summed E-state index contributed by atoms with van der Waals surface area (Å²) in [6.07, 6.45) is 6.01. The summed E-state index contributed by atoms with van der Waals surface area (Å²) in [7, 11) is 0. The summed E-state index contributed by atoms with van der Waals surface area (Å²) in [5.74, 6) is -0.349. The van der Waals surface area contributed by atoms with E-state index in [1.54, 1.807) is 6.07 Å². The SMILES string of the molecule is CCCCc1ccc(-c2cc(N)c3c(c2O)C(=N)C=CC3=O)cc1. The Kier molecular flexibility index (Phi) is 4.21. The maximum absolute atomic E-state index is 12.0. The smallest absolute Gasteiger partial charge is 0.188 e. The molecule has 3 rings (SSSR count). The van der Waals surface area contributed by atoms with E-state index in [9.17, 15) is 9.90 Å². The number of nitrogens with one attached hydrogen (secondary N) is 1. The molecule has 0 saturated heterocycles. The average molecular weight is 320 g/mol. The largest absolute Gasteiger partial charge is 0.507 e. The number of phenols is 1. The van der Waals surface area contributed by atoms with Crippen molar-refractivity contribution in [3.05, 3.63) is 59.2 Å². The third-order valence-electron chi connectivity index (χ3n) is 4.33. The molecule has 0 amide bonds. The van der Waals surface area contributed by atoms with Crippen LogP contribution in [0.4, 0.5) is 5.69 Å². The Morgan fingerprint density at radius 2 is 1.83 bits per heavy atom. The van der Waals surface area contributed by atoms with Crippen molar-refractivity contribution < 1.29 is 9.90 Å². The number of nitrogen functional groups attached to an aromatic ring is 1. The predicted molar refractivity (Wildman–Crippen MR) is 96.9 cm³/mol. The Balaban J connectivity index is 2.07. The van der Waals surface area contributed by atoms with E-state index in [4.69, 9.17) is 11.1 Å². The zero-order valence-corrected chi connectivity index (χ0v) is 13.6. The molecule has 0 spiro atoms. The third-order valence-corrected chi connectivity index (χ3v) is 4.33. The van der Waals surface area contributed by atoms with Gasteiger partial charge in [0.2, 0.25) is 0 Å². The van der Waals surface area contributed by atoms with Crippen molar-refractivity contribution >= 4 is 17.2 Å². The van der Waals surface area contributed by atoms with Crippen LogP contribution in [0.15, 0.2) is 42.5 Å². The number of aryl methyl sites for hydroxylation is 1. The summed E-state index contributed by atoms with van der Waals surface area (Å²) in [5, 5.41) is 18.6. The summed E-state index contributed by atoms with van der Waals surface area (Å²) >= 11 is 0. The summed E-state index contributed by atoms with van der Waals surface area (Å²) in [4.78, 5) is 12.0.